The highest BCUT2D eigenvalue weighted by atomic mass is 127. The number of aromatic nitrogens is 1. The van der Waals surface area contributed by atoms with E-state index in [1.54, 1.807) is 0 Å². The van der Waals surface area contributed by atoms with Crippen LogP contribution in [-0.4, -0.2) is 90.6 Å². The van der Waals surface area contributed by atoms with Gasteiger partial charge >= 0.3 is 0 Å². The van der Waals surface area contributed by atoms with Crippen molar-refractivity contribution in [1.29, 1.82) is 0 Å². The summed E-state index contributed by atoms with van der Waals surface area (Å²) in [6.07, 6.45) is 2.29. The molecule has 1 amide bonds. The zero-order valence-electron chi connectivity index (χ0n) is 18.8. The number of carbonyl (C=O) groups excluding carboxylic acids is 1. The molecule has 9 heteroatoms. The maximum atomic E-state index is 12.4. The molecule has 1 unspecified atom stereocenters. The summed E-state index contributed by atoms with van der Waals surface area (Å²) in [5, 5.41) is 7.49. The van der Waals surface area contributed by atoms with Gasteiger partial charge in [0.05, 0.1) is 12.2 Å². The minimum Gasteiger partial charge on any atom is -0.361 e. The molecule has 2 aliphatic rings. The topological polar surface area (TPSA) is 77.2 Å². The van der Waals surface area contributed by atoms with Crippen LogP contribution in [0, 0.1) is 13.8 Å². The highest BCUT2D eigenvalue weighted by molar-refractivity contribution is 14.0. The maximum Gasteiger partial charge on any atom is 0.236 e. The van der Waals surface area contributed by atoms with Crippen LogP contribution in [0.3, 0.4) is 0 Å². The third-order valence-electron chi connectivity index (χ3n) is 5.92. The average molecular weight is 532 g/mol. The zero-order chi connectivity index (χ0) is 20.8. The summed E-state index contributed by atoms with van der Waals surface area (Å²) in [5.74, 6) is 2.38. The van der Waals surface area contributed by atoms with Crippen molar-refractivity contribution in [3.63, 3.8) is 0 Å². The van der Waals surface area contributed by atoms with Gasteiger partial charge in [0.1, 0.15) is 5.76 Å². The molecule has 1 aromatic heterocycles. The van der Waals surface area contributed by atoms with Crippen molar-refractivity contribution in [2.45, 2.75) is 46.5 Å². The first kappa shape index (κ1) is 24.9. The summed E-state index contributed by atoms with van der Waals surface area (Å²) in [4.78, 5) is 23.9. The molecule has 0 aliphatic carbocycles. The minimum atomic E-state index is 0. The van der Waals surface area contributed by atoms with Crippen LogP contribution >= 0.6 is 24.0 Å². The van der Waals surface area contributed by atoms with Crippen molar-refractivity contribution < 1.29 is 9.32 Å². The Morgan fingerprint density at radius 3 is 2.37 bits per heavy atom. The van der Waals surface area contributed by atoms with E-state index in [0.717, 1.165) is 81.6 Å². The molecule has 30 heavy (non-hydrogen) atoms. The number of likely N-dealkylation sites (tertiary alicyclic amines) is 1. The van der Waals surface area contributed by atoms with Gasteiger partial charge in [-0.3, -0.25) is 14.7 Å². The van der Waals surface area contributed by atoms with Gasteiger partial charge in [0, 0.05) is 63.8 Å². The molecular weight excluding hydrogens is 495 g/mol. The van der Waals surface area contributed by atoms with Crippen molar-refractivity contribution in [2.24, 2.45) is 4.99 Å². The van der Waals surface area contributed by atoms with E-state index in [0.29, 0.717) is 13.1 Å². The molecule has 1 N–H and O–H groups in total. The number of aryl methyl sites for hydroxylation is 2. The molecule has 1 atom stereocenters. The van der Waals surface area contributed by atoms with E-state index in [-0.39, 0.29) is 35.8 Å². The number of guanidine groups is 1. The summed E-state index contributed by atoms with van der Waals surface area (Å²) in [7, 11) is 0. The molecule has 170 valence electrons. The molecule has 0 saturated carbocycles. The van der Waals surface area contributed by atoms with Crippen LogP contribution in [-0.2, 0) is 4.79 Å². The van der Waals surface area contributed by atoms with Gasteiger partial charge in [-0.05, 0) is 33.6 Å². The van der Waals surface area contributed by atoms with Crippen LogP contribution in [0.15, 0.2) is 9.52 Å². The summed E-state index contributed by atoms with van der Waals surface area (Å²) in [5.41, 5.74) is 2.11. The standard InChI is InChI=1S/C21H36N6O2.HI/c1-5-22-21(23-14-16(2)20-17(3)24-29-18(20)4)27-12-10-25(11-13-27)15-19(28)26-8-6-7-9-26;/h16H,5-15H2,1-4H3,(H,22,23);1H. The average Bonchev–Trinajstić information content (AvgIpc) is 3.36. The summed E-state index contributed by atoms with van der Waals surface area (Å²) in [6, 6.07) is 0. The van der Waals surface area contributed by atoms with E-state index in [1.165, 1.54) is 0 Å². The van der Waals surface area contributed by atoms with Crippen molar-refractivity contribution in [3.05, 3.63) is 17.0 Å². The van der Waals surface area contributed by atoms with E-state index in [1.807, 2.05) is 18.7 Å². The third kappa shape index (κ3) is 6.32. The van der Waals surface area contributed by atoms with Crippen molar-refractivity contribution in [1.82, 2.24) is 25.2 Å². The number of rotatable bonds is 6. The number of carbonyl (C=O) groups is 1. The van der Waals surface area contributed by atoms with Gasteiger partial charge < -0.3 is 19.6 Å². The Kier molecular flexibility index (Phi) is 9.86. The highest BCUT2D eigenvalue weighted by Crippen LogP contribution is 2.23. The Labute approximate surface area is 197 Å². The smallest absolute Gasteiger partial charge is 0.236 e. The monoisotopic (exact) mass is 532 g/mol. The third-order valence-corrected chi connectivity index (χ3v) is 5.92. The molecule has 1 aromatic rings. The van der Waals surface area contributed by atoms with Crippen LogP contribution < -0.4 is 5.32 Å². The first-order chi connectivity index (χ1) is 14.0. The molecule has 3 heterocycles. The van der Waals surface area contributed by atoms with Crippen LogP contribution in [0.1, 0.15) is 49.6 Å². The Balaban J connectivity index is 0.00000320. The second kappa shape index (κ2) is 11.9. The first-order valence-corrected chi connectivity index (χ1v) is 11.0. The van der Waals surface area contributed by atoms with Crippen molar-refractivity contribution >= 4 is 35.8 Å². The summed E-state index contributed by atoms with van der Waals surface area (Å²) >= 11 is 0. The van der Waals surface area contributed by atoms with Gasteiger partial charge in [-0.25, -0.2) is 0 Å². The van der Waals surface area contributed by atoms with Gasteiger partial charge in [0.15, 0.2) is 5.96 Å². The largest absolute Gasteiger partial charge is 0.361 e. The van der Waals surface area contributed by atoms with E-state index < -0.39 is 0 Å². The van der Waals surface area contributed by atoms with E-state index >= 15 is 0 Å². The van der Waals surface area contributed by atoms with Crippen LogP contribution in [0.5, 0.6) is 0 Å². The van der Waals surface area contributed by atoms with E-state index in [2.05, 4.69) is 34.1 Å². The van der Waals surface area contributed by atoms with E-state index in [9.17, 15) is 4.79 Å². The van der Waals surface area contributed by atoms with Gasteiger partial charge in [0.2, 0.25) is 5.91 Å². The lowest BCUT2D eigenvalue weighted by Gasteiger charge is -2.36. The number of aliphatic imine (C=N–C) groups is 1. The van der Waals surface area contributed by atoms with E-state index in [4.69, 9.17) is 9.52 Å². The Bertz CT molecular complexity index is 689. The lowest BCUT2D eigenvalue weighted by molar-refractivity contribution is -0.131. The fraction of sp³-hybridized carbons (Fsp3) is 0.762. The molecule has 2 saturated heterocycles. The van der Waals surface area contributed by atoms with Crippen molar-refractivity contribution in [2.75, 3.05) is 58.9 Å². The maximum absolute atomic E-state index is 12.4. The highest BCUT2D eigenvalue weighted by Gasteiger charge is 2.25. The Morgan fingerprint density at radius 2 is 1.80 bits per heavy atom. The number of nitrogens with zero attached hydrogens (tertiary/aromatic N) is 5. The van der Waals surface area contributed by atoms with Gasteiger partial charge in [-0.15, -0.1) is 24.0 Å². The molecule has 0 radical (unpaired) electrons. The molecule has 0 spiro atoms. The van der Waals surface area contributed by atoms with Gasteiger partial charge in [0.25, 0.3) is 0 Å². The summed E-state index contributed by atoms with van der Waals surface area (Å²) < 4.78 is 5.31. The minimum absolute atomic E-state index is 0. The number of hydrogen-bond donors (Lipinski definition) is 1. The molecular formula is C21H37IN6O2. The van der Waals surface area contributed by atoms with Gasteiger partial charge in [-0.1, -0.05) is 12.1 Å². The molecule has 0 aromatic carbocycles. The molecule has 0 bridgehead atoms. The number of halogens is 1. The Morgan fingerprint density at radius 1 is 1.13 bits per heavy atom. The second-order valence-electron chi connectivity index (χ2n) is 8.18. The lowest BCUT2D eigenvalue weighted by atomic mass is 10.00. The predicted molar refractivity (Wildman–Crippen MR) is 130 cm³/mol. The normalized spacial score (nSPS) is 19.0. The molecule has 2 fully saturated rings. The first-order valence-electron chi connectivity index (χ1n) is 11.0. The summed E-state index contributed by atoms with van der Waals surface area (Å²) in [6.45, 7) is 15.7. The number of nitrogens with one attached hydrogen (secondary N) is 1. The quantitative estimate of drug-likeness (QED) is 0.344. The van der Waals surface area contributed by atoms with Crippen LogP contribution in [0.2, 0.25) is 0 Å². The fourth-order valence-corrected chi connectivity index (χ4v) is 4.31. The molecule has 3 rings (SSSR count). The second-order valence-corrected chi connectivity index (χ2v) is 8.18. The number of hydrogen-bond acceptors (Lipinski definition) is 5. The lowest BCUT2D eigenvalue weighted by Crippen LogP contribution is -2.54. The zero-order valence-corrected chi connectivity index (χ0v) is 21.1. The van der Waals surface area contributed by atoms with Crippen LogP contribution in [0.25, 0.3) is 0 Å². The SMILES string of the molecule is CCNC(=NCC(C)c1c(C)noc1C)N1CCN(CC(=O)N2CCCC2)CC1.I. The molecule has 8 nitrogen and oxygen atoms in total. The fourth-order valence-electron chi connectivity index (χ4n) is 4.31. The number of piperazine rings is 1. The van der Waals surface area contributed by atoms with Crippen LogP contribution in [0.4, 0.5) is 0 Å². The molecule has 2 aliphatic heterocycles. The van der Waals surface area contributed by atoms with Gasteiger partial charge in [-0.2, -0.15) is 0 Å². The number of amides is 1. The Hall–Kier alpha value is -1.36. The predicted octanol–water partition coefficient (Wildman–Crippen LogP) is 2.22. The van der Waals surface area contributed by atoms with Crippen molar-refractivity contribution in [3.8, 4) is 0 Å².